The molecular weight excluding hydrogens is 290 g/mol. The lowest BCUT2D eigenvalue weighted by molar-refractivity contribution is -0.143. The van der Waals surface area contributed by atoms with Crippen molar-refractivity contribution in [1.29, 1.82) is 0 Å². The van der Waals surface area contributed by atoms with Crippen LogP contribution in [0, 0.1) is 0 Å². The van der Waals surface area contributed by atoms with Crippen LogP contribution in [0.3, 0.4) is 0 Å². The maximum absolute atomic E-state index is 11.8. The number of methoxy groups -OCH3 is 2. The van der Waals surface area contributed by atoms with E-state index in [-0.39, 0.29) is 5.91 Å². The number of rotatable bonds is 7. The molecule has 0 unspecified atom stereocenters. The van der Waals surface area contributed by atoms with E-state index in [2.05, 4.69) is 10.1 Å². The number of esters is 1. The maximum atomic E-state index is 11.8. The molecule has 0 heterocycles. The van der Waals surface area contributed by atoms with Crippen LogP contribution in [0.2, 0.25) is 0 Å². The predicted molar refractivity (Wildman–Crippen MR) is 84.4 cm³/mol. The highest BCUT2D eigenvalue weighted by Gasteiger charge is 2.19. The third-order valence-corrected chi connectivity index (χ3v) is 3.35. The lowest BCUT2D eigenvalue weighted by atomic mass is 10.2. The van der Waals surface area contributed by atoms with Crippen molar-refractivity contribution in [2.75, 3.05) is 26.2 Å². The van der Waals surface area contributed by atoms with Gasteiger partial charge in [-0.2, -0.15) is 11.8 Å². The van der Waals surface area contributed by atoms with Gasteiger partial charge >= 0.3 is 5.97 Å². The second-order valence-electron chi connectivity index (χ2n) is 4.15. The van der Waals surface area contributed by atoms with Crippen LogP contribution in [0.15, 0.2) is 30.3 Å². The molecule has 0 radical (unpaired) electrons. The van der Waals surface area contributed by atoms with Crippen molar-refractivity contribution in [3.63, 3.8) is 0 Å². The van der Waals surface area contributed by atoms with E-state index in [1.165, 1.54) is 24.9 Å². The van der Waals surface area contributed by atoms with Crippen molar-refractivity contribution in [3.05, 3.63) is 35.9 Å². The molecule has 0 fully saturated rings. The number of benzene rings is 1. The van der Waals surface area contributed by atoms with E-state index in [4.69, 9.17) is 4.74 Å². The monoisotopic (exact) mass is 309 g/mol. The predicted octanol–water partition coefficient (Wildman–Crippen LogP) is 1.73. The van der Waals surface area contributed by atoms with Gasteiger partial charge in [-0.25, -0.2) is 4.79 Å². The molecule has 0 saturated carbocycles. The molecular formula is C15H19NO4S. The summed E-state index contributed by atoms with van der Waals surface area (Å²) in [4.78, 5) is 23.3. The van der Waals surface area contributed by atoms with Crippen LogP contribution in [0.5, 0.6) is 5.75 Å². The van der Waals surface area contributed by atoms with Gasteiger partial charge in [0.2, 0.25) is 5.91 Å². The first kappa shape index (κ1) is 17.1. The Morgan fingerprint density at radius 2 is 1.95 bits per heavy atom. The number of nitrogens with one attached hydrogen (secondary N) is 1. The smallest absolute Gasteiger partial charge is 0.329 e. The van der Waals surface area contributed by atoms with Gasteiger partial charge in [0.05, 0.1) is 14.2 Å². The van der Waals surface area contributed by atoms with Crippen molar-refractivity contribution in [2.45, 2.75) is 6.04 Å². The minimum atomic E-state index is -0.641. The average molecular weight is 309 g/mol. The summed E-state index contributed by atoms with van der Waals surface area (Å²) in [5.74, 6) is 0.433. The molecule has 0 aliphatic heterocycles. The fourth-order valence-corrected chi connectivity index (χ4v) is 2.14. The minimum Gasteiger partial charge on any atom is -0.497 e. The second-order valence-corrected chi connectivity index (χ2v) is 5.06. The Labute approximate surface area is 128 Å². The Balaban J connectivity index is 2.61. The van der Waals surface area contributed by atoms with Crippen LogP contribution in [0.1, 0.15) is 5.56 Å². The summed E-state index contributed by atoms with van der Waals surface area (Å²) < 4.78 is 9.71. The highest BCUT2D eigenvalue weighted by Crippen LogP contribution is 2.12. The molecule has 114 valence electrons. The maximum Gasteiger partial charge on any atom is 0.329 e. The van der Waals surface area contributed by atoms with Gasteiger partial charge in [-0.05, 0) is 30.0 Å². The molecule has 1 rings (SSSR count). The Kier molecular flexibility index (Phi) is 7.39. The van der Waals surface area contributed by atoms with E-state index in [9.17, 15) is 9.59 Å². The van der Waals surface area contributed by atoms with Gasteiger partial charge in [0, 0.05) is 11.8 Å². The van der Waals surface area contributed by atoms with Gasteiger partial charge in [-0.15, -0.1) is 0 Å². The Morgan fingerprint density at radius 3 is 2.48 bits per heavy atom. The molecule has 1 N–H and O–H groups in total. The van der Waals surface area contributed by atoms with E-state index < -0.39 is 12.0 Å². The molecule has 0 saturated heterocycles. The third-order valence-electron chi connectivity index (χ3n) is 2.68. The van der Waals surface area contributed by atoms with Crippen LogP contribution in [0.25, 0.3) is 6.08 Å². The van der Waals surface area contributed by atoms with Gasteiger partial charge < -0.3 is 14.8 Å². The van der Waals surface area contributed by atoms with E-state index in [0.29, 0.717) is 5.75 Å². The fraction of sp³-hybridized carbons (Fsp3) is 0.333. The number of carbonyl (C=O) groups is 2. The third kappa shape index (κ3) is 5.91. The first-order valence-corrected chi connectivity index (χ1v) is 7.69. The summed E-state index contributed by atoms with van der Waals surface area (Å²) >= 11 is 1.46. The van der Waals surface area contributed by atoms with Crippen LogP contribution in [-0.4, -0.2) is 44.1 Å². The number of amides is 1. The van der Waals surface area contributed by atoms with Crippen LogP contribution < -0.4 is 10.1 Å². The van der Waals surface area contributed by atoms with Crippen molar-refractivity contribution in [2.24, 2.45) is 0 Å². The number of hydrogen-bond acceptors (Lipinski definition) is 5. The summed E-state index contributed by atoms with van der Waals surface area (Å²) in [6.45, 7) is 0. The average Bonchev–Trinajstić information content (AvgIpc) is 2.52. The SMILES string of the molecule is COC(=O)[C@H](CSC)NC(=O)C=Cc1ccc(OC)cc1. The molecule has 0 spiro atoms. The Hall–Kier alpha value is -1.95. The number of hydrogen-bond donors (Lipinski definition) is 1. The van der Waals surface area contributed by atoms with Crippen molar-refractivity contribution < 1.29 is 19.1 Å². The topological polar surface area (TPSA) is 64.6 Å². The molecule has 0 aliphatic rings. The van der Waals surface area contributed by atoms with E-state index in [1.807, 2.05) is 30.5 Å². The van der Waals surface area contributed by atoms with Crippen molar-refractivity contribution in [1.82, 2.24) is 5.32 Å². The second kappa shape index (κ2) is 9.07. The first-order valence-electron chi connectivity index (χ1n) is 6.30. The summed E-state index contributed by atoms with van der Waals surface area (Å²) in [7, 11) is 2.89. The van der Waals surface area contributed by atoms with Crippen molar-refractivity contribution in [3.8, 4) is 5.75 Å². The zero-order chi connectivity index (χ0) is 15.7. The molecule has 6 heteroatoms. The van der Waals surface area contributed by atoms with Gasteiger partial charge in [0.1, 0.15) is 11.8 Å². The largest absolute Gasteiger partial charge is 0.497 e. The molecule has 21 heavy (non-hydrogen) atoms. The van der Waals surface area contributed by atoms with Gasteiger partial charge in [0.15, 0.2) is 0 Å². The van der Waals surface area contributed by atoms with Gasteiger partial charge in [-0.1, -0.05) is 12.1 Å². The zero-order valence-corrected chi connectivity index (χ0v) is 13.1. The van der Waals surface area contributed by atoms with Crippen LogP contribution in [-0.2, 0) is 14.3 Å². The number of carbonyl (C=O) groups excluding carboxylic acids is 2. The standard InChI is InChI=1S/C15H19NO4S/c1-19-12-7-4-11(5-8-12)6-9-14(17)16-13(10-21-3)15(18)20-2/h4-9,13H,10H2,1-3H3,(H,16,17)/t13-/m0/s1. The molecule has 5 nitrogen and oxygen atoms in total. The molecule has 1 aromatic rings. The summed E-state index contributed by atoms with van der Waals surface area (Å²) in [6.07, 6.45) is 4.91. The summed E-state index contributed by atoms with van der Waals surface area (Å²) in [5.41, 5.74) is 0.866. The first-order chi connectivity index (χ1) is 10.1. The minimum absolute atomic E-state index is 0.338. The lowest BCUT2D eigenvalue weighted by Gasteiger charge is -2.13. The van der Waals surface area contributed by atoms with E-state index in [1.54, 1.807) is 13.2 Å². The lowest BCUT2D eigenvalue weighted by Crippen LogP contribution is -2.42. The van der Waals surface area contributed by atoms with Gasteiger partial charge in [0.25, 0.3) is 0 Å². The normalized spacial score (nSPS) is 12.0. The molecule has 0 aromatic heterocycles. The Morgan fingerprint density at radius 1 is 1.29 bits per heavy atom. The fourth-order valence-electron chi connectivity index (χ4n) is 1.58. The van der Waals surface area contributed by atoms with Gasteiger partial charge in [-0.3, -0.25) is 4.79 Å². The molecule has 1 amide bonds. The Bertz CT molecular complexity index is 499. The van der Waals surface area contributed by atoms with Crippen molar-refractivity contribution >= 4 is 29.7 Å². The van der Waals surface area contributed by atoms with E-state index in [0.717, 1.165) is 11.3 Å². The summed E-state index contributed by atoms with van der Waals surface area (Å²) in [6, 6.07) is 6.65. The highest BCUT2D eigenvalue weighted by atomic mass is 32.2. The number of thioether (sulfide) groups is 1. The number of ether oxygens (including phenoxy) is 2. The quantitative estimate of drug-likeness (QED) is 0.614. The molecule has 1 aromatic carbocycles. The molecule has 0 bridgehead atoms. The summed E-state index contributed by atoms with van der Waals surface area (Å²) in [5, 5.41) is 2.62. The molecule has 1 atom stereocenters. The zero-order valence-electron chi connectivity index (χ0n) is 12.3. The van der Waals surface area contributed by atoms with Crippen LogP contribution >= 0.6 is 11.8 Å². The van der Waals surface area contributed by atoms with Crippen LogP contribution in [0.4, 0.5) is 0 Å². The van der Waals surface area contributed by atoms with E-state index >= 15 is 0 Å². The molecule has 0 aliphatic carbocycles. The highest BCUT2D eigenvalue weighted by molar-refractivity contribution is 7.98.